The average Bonchev–Trinajstić information content (AvgIpc) is 3.16. The maximum atomic E-state index is 13.7. The summed E-state index contributed by atoms with van der Waals surface area (Å²) in [5.74, 6) is 0.00802. The first-order valence-electron chi connectivity index (χ1n) is 14.1. The number of carbonyl (C=O) groups excluding carboxylic acids is 3. The predicted octanol–water partition coefficient (Wildman–Crippen LogP) is 3.84. The summed E-state index contributed by atoms with van der Waals surface area (Å²) in [6, 6.07) is 17.7. The fourth-order valence-electron chi connectivity index (χ4n) is 6.24. The van der Waals surface area contributed by atoms with E-state index in [4.69, 9.17) is 0 Å². The molecule has 3 aliphatic rings. The van der Waals surface area contributed by atoms with E-state index < -0.39 is 11.5 Å². The van der Waals surface area contributed by atoms with Gasteiger partial charge in [0.2, 0.25) is 17.7 Å². The number of nitrogens with zero attached hydrogens (tertiary/aromatic N) is 2. The fourth-order valence-corrected chi connectivity index (χ4v) is 6.24. The molecule has 2 fully saturated rings. The minimum absolute atomic E-state index is 0. The van der Waals surface area contributed by atoms with Crippen molar-refractivity contribution in [2.45, 2.75) is 69.9 Å². The highest BCUT2D eigenvalue weighted by atomic mass is 35.5. The molecule has 2 aromatic carbocycles. The highest BCUT2D eigenvalue weighted by Gasteiger charge is 2.47. The van der Waals surface area contributed by atoms with Crippen molar-refractivity contribution >= 4 is 35.8 Å². The second-order valence-corrected chi connectivity index (χ2v) is 11.5. The van der Waals surface area contributed by atoms with Crippen LogP contribution in [0.4, 0.5) is 5.69 Å². The van der Waals surface area contributed by atoms with Crippen molar-refractivity contribution in [1.29, 1.82) is 0 Å². The highest BCUT2D eigenvalue weighted by molar-refractivity contribution is 6.08. The van der Waals surface area contributed by atoms with Crippen molar-refractivity contribution in [2.75, 3.05) is 31.1 Å². The van der Waals surface area contributed by atoms with Crippen LogP contribution in [0.2, 0.25) is 0 Å². The first-order valence-corrected chi connectivity index (χ1v) is 14.1. The predicted molar refractivity (Wildman–Crippen MR) is 156 cm³/mol. The Morgan fingerprint density at radius 2 is 1.72 bits per heavy atom. The minimum atomic E-state index is -0.547. The van der Waals surface area contributed by atoms with E-state index in [9.17, 15) is 14.4 Å². The standard InChI is InChI=1S/C31H40N4O3.ClH/c1-31(2)25-12-6-7-13-27(25)35(30(31)38)24-16-19-34(20-17-24)29(37)26(15-14-22-9-4-3-5-10-22)33-28(36)23-11-8-18-32-21-23;/h3-7,9-10,12-13,23-24,26,32H,8,11,14-21H2,1-2H3,(H,33,36);1H/t23-,26+;/m1./s1. The number of para-hydroxylation sites is 1. The molecule has 0 bridgehead atoms. The molecular formula is C31H41ClN4O3. The van der Waals surface area contributed by atoms with Crippen molar-refractivity contribution in [1.82, 2.24) is 15.5 Å². The quantitative estimate of drug-likeness (QED) is 0.547. The van der Waals surface area contributed by atoms with E-state index in [1.807, 2.05) is 66.1 Å². The van der Waals surface area contributed by atoms with Crippen LogP contribution in [0.25, 0.3) is 0 Å². The summed E-state index contributed by atoms with van der Waals surface area (Å²) >= 11 is 0. The zero-order valence-corrected chi connectivity index (χ0v) is 23.8. The molecule has 2 aromatic rings. The van der Waals surface area contributed by atoms with Crippen LogP contribution < -0.4 is 15.5 Å². The number of likely N-dealkylation sites (tertiary alicyclic amines) is 1. The molecule has 0 unspecified atom stereocenters. The Labute approximate surface area is 238 Å². The van der Waals surface area contributed by atoms with Crippen LogP contribution in [0.1, 0.15) is 57.1 Å². The number of piperidine rings is 2. The largest absolute Gasteiger partial charge is 0.344 e. The Balaban J connectivity index is 0.00000353. The van der Waals surface area contributed by atoms with E-state index in [0.717, 1.165) is 55.5 Å². The number of hydrogen-bond acceptors (Lipinski definition) is 4. The molecule has 7 nitrogen and oxygen atoms in total. The van der Waals surface area contributed by atoms with E-state index >= 15 is 0 Å². The molecule has 3 amide bonds. The number of amides is 3. The van der Waals surface area contributed by atoms with Crippen LogP contribution in [0.3, 0.4) is 0 Å². The number of aryl methyl sites for hydroxylation is 1. The van der Waals surface area contributed by atoms with E-state index in [1.165, 1.54) is 0 Å². The minimum Gasteiger partial charge on any atom is -0.344 e. The van der Waals surface area contributed by atoms with Crippen LogP contribution >= 0.6 is 12.4 Å². The fraction of sp³-hybridized carbons (Fsp3) is 0.516. The van der Waals surface area contributed by atoms with Crippen molar-refractivity contribution in [2.24, 2.45) is 5.92 Å². The number of fused-ring (bicyclic) bond motifs is 1. The summed E-state index contributed by atoms with van der Waals surface area (Å²) in [7, 11) is 0. The number of nitrogens with one attached hydrogen (secondary N) is 2. The molecule has 210 valence electrons. The zero-order valence-electron chi connectivity index (χ0n) is 23.0. The molecule has 2 atom stereocenters. The smallest absolute Gasteiger partial charge is 0.245 e. The average molecular weight is 553 g/mol. The van der Waals surface area contributed by atoms with Gasteiger partial charge in [-0.05, 0) is 76.1 Å². The van der Waals surface area contributed by atoms with Crippen LogP contribution in [-0.2, 0) is 26.2 Å². The van der Waals surface area contributed by atoms with Gasteiger partial charge < -0.3 is 20.4 Å². The normalized spacial score (nSPS) is 21.6. The summed E-state index contributed by atoms with van der Waals surface area (Å²) < 4.78 is 0. The zero-order chi connectivity index (χ0) is 26.7. The number of anilines is 1. The molecular weight excluding hydrogens is 512 g/mol. The monoisotopic (exact) mass is 552 g/mol. The SMILES string of the molecule is CC1(C)C(=O)N(C2CCN(C(=O)[C@H](CCc3ccccc3)NC(=O)[C@@H]3CCCNC3)CC2)c2ccccc21.Cl. The Hall–Kier alpha value is -2.90. The molecule has 0 radical (unpaired) electrons. The Bertz CT molecular complexity index is 1160. The van der Waals surface area contributed by atoms with Gasteiger partial charge in [0, 0.05) is 31.4 Å². The summed E-state index contributed by atoms with van der Waals surface area (Å²) in [5, 5.41) is 6.42. The first-order chi connectivity index (χ1) is 18.4. The lowest BCUT2D eigenvalue weighted by atomic mass is 9.86. The van der Waals surface area contributed by atoms with Crippen molar-refractivity contribution < 1.29 is 14.4 Å². The van der Waals surface area contributed by atoms with E-state index in [2.05, 4.69) is 22.8 Å². The molecule has 0 aliphatic carbocycles. The molecule has 5 rings (SSSR count). The molecule has 3 aliphatic heterocycles. The van der Waals surface area contributed by atoms with Gasteiger partial charge in [-0.1, -0.05) is 48.5 Å². The summed E-state index contributed by atoms with van der Waals surface area (Å²) in [6.07, 6.45) is 4.59. The van der Waals surface area contributed by atoms with Gasteiger partial charge >= 0.3 is 0 Å². The van der Waals surface area contributed by atoms with Gasteiger partial charge in [0.15, 0.2) is 0 Å². The summed E-state index contributed by atoms with van der Waals surface area (Å²) in [5.41, 5.74) is 2.70. The van der Waals surface area contributed by atoms with Gasteiger partial charge in [-0.3, -0.25) is 14.4 Å². The number of halogens is 1. The van der Waals surface area contributed by atoms with E-state index in [1.54, 1.807) is 0 Å². The molecule has 2 saturated heterocycles. The Morgan fingerprint density at radius 3 is 2.41 bits per heavy atom. The van der Waals surface area contributed by atoms with Crippen molar-refractivity contribution in [3.05, 3.63) is 65.7 Å². The second-order valence-electron chi connectivity index (χ2n) is 11.5. The Kier molecular flexibility index (Phi) is 9.34. The molecule has 3 heterocycles. The van der Waals surface area contributed by atoms with Gasteiger partial charge in [-0.25, -0.2) is 0 Å². The molecule has 0 aromatic heterocycles. The van der Waals surface area contributed by atoms with Gasteiger partial charge in [0.1, 0.15) is 6.04 Å². The van der Waals surface area contributed by atoms with Gasteiger partial charge in [0.25, 0.3) is 0 Å². The summed E-state index contributed by atoms with van der Waals surface area (Å²) in [4.78, 5) is 44.1. The van der Waals surface area contributed by atoms with Crippen molar-refractivity contribution in [3.63, 3.8) is 0 Å². The molecule has 0 spiro atoms. The van der Waals surface area contributed by atoms with E-state index in [0.29, 0.717) is 26.1 Å². The van der Waals surface area contributed by atoms with E-state index in [-0.39, 0.29) is 42.1 Å². The molecule has 39 heavy (non-hydrogen) atoms. The topological polar surface area (TPSA) is 81.8 Å². The van der Waals surface area contributed by atoms with Gasteiger partial charge in [-0.15, -0.1) is 12.4 Å². The number of hydrogen-bond donors (Lipinski definition) is 2. The number of benzene rings is 2. The van der Waals surface area contributed by atoms with Crippen LogP contribution in [0, 0.1) is 5.92 Å². The van der Waals surface area contributed by atoms with Crippen molar-refractivity contribution in [3.8, 4) is 0 Å². The third-order valence-electron chi connectivity index (χ3n) is 8.58. The third-order valence-corrected chi connectivity index (χ3v) is 8.58. The summed E-state index contributed by atoms with van der Waals surface area (Å²) in [6.45, 7) is 6.76. The first kappa shape index (κ1) is 29.1. The second kappa shape index (κ2) is 12.5. The lowest BCUT2D eigenvalue weighted by molar-refractivity contribution is -0.138. The molecule has 0 saturated carbocycles. The maximum Gasteiger partial charge on any atom is 0.245 e. The Morgan fingerprint density at radius 1 is 1.03 bits per heavy atom. The lowest BCUT2D eigenvalue weighted by Gasteiger charge is -2.39. The number of carbonyl (C=O) groups is 3. The molecule has 8 heteroatoms. The number of rotatable bonds is 7. The van der Waals surface area contributed by atoms with Gasteiger partial charge in [-0.2, -0.15) is 0 Å². The maximum absolute atomic E-state index is 13.7. The third kappa shape index (κ3) is 6.15. The highest BCUT2D eigenvalue weighted by Crippen LogP contribution is 2.43. The van der Waals surface area contributed by atoms with Crippen LogP contribution in [-0.4, -0.2) is 60.9 Å². The lowest BCUT2D eigenvalue weighted by Crippen LogP contribution is -2.55. The molecule has 2 N–H and O–H groups in total. The van der Waals surface area contributed by atoms with Crippen LogP contribution in [0.15, 0.2) is 54.6 Å². The van der Waals surface area contributed by atoms with Crippen LogP contribution in [0.5, 0.6) is 0 Å². The van der Waals surface area contributed by atoms with Gasteiger partial charge in [0.05, 0.1) is 11.3 Å².